The van der Waals surface area contributed by atoms with Gasteiger partial charge in [-0.3, -0.25) is 4.79 Å². The third-order valence-electron chi connectivity index (χ3n) is 2.58. The van der Waals surface area contributed by atoms with Gasteiger partial charge in [-0.2, -0.15) is 0 Å². The molecule has 1 aromatic heterocycles. The molecule has 0 atom stereocenters. The van der Waals surface area contributed by atoms with Crippen LogP contribution in [0, 0.1) is 0 Å². The molecule has 1 heterocycles. The number of carbonyl (C=O) groups excluding carboxylic acids is 1. The summed E-state index contributed by atoms with van der Waals surface area (Å²) in [5, 5.41) is 2.98. The predicted octanol–water partition coefficient (Wildman–Crippen LogP) is 4.04. The molecule has 0 fully saturated rings. The van der Waals surface area contributed by atoms with Crippen LogP contribution in [-0.2, 0) is 6.42 Å². The summed E-state index contributed by atoms with van der Waals surface area (Å²) in [6, 6.07) is 3.97. The average Bonchev–Trinajstić information content (AvgIpc) is 2.82. The first-order valence-electron chi connectivity index (χ1n) is 6.20. The quantitative estimate of drug-likeness (QED) is 0.421. The zero-order chi connectivity index (χ0) is 12.5. The minimum Gasteiger partial charge on any atom is -0.351 e. The van der Waals surface area contributed by atoms with Gasteiger partial charge in [0.2, 0.25) is 0 Å². The maximum Gasteiger partial charge on any atom is 0.261 e. The van der Waals surface area contributed by atoms with E-state index >= 15 is 0 Å². The van der Waals surface area contributed by atoms with Crippen LogP contribution in [0.1, 0.15) is 47.2 Å². The van der Waals surface area contributed by atoms with Crippen LogP contribution in [0.5, 0.6) is 0 Å². The van der Waals surface area contributed by atoms with E-state index in [0.29, 0.717) is 0 Å². The van der Waals surface area contributed by atoms with Gasteiger partial charge in [-0.15, -0.1) is 11.3 Å². The molecule has 96 valence electrons. The van der Waals surface area contributed by atoms with Crippen LogP contribution < -0.4 is 5.32 Å². The molecule has 0 aliphatic rings. The molecule has 0 aromatic carbocycles. The molecule has 1 aromatic rings. The fraction of sp³-hybridized carbons (Fsp3) is 0.615. The van der Waals surface area contributed by atoms with Crippen molar-refractivity contribution in [2.24, 2.45) is 0 Å². The molecule has 1 N–H and O–H groups in total. The number of rotatable bonds is 8. The van der Waals surface area contributed by atoms with E-state index in [4.69, 9.17) is 0 Å². The smallest absolute Gasteiger partial charge is 0.261 e. The van der Waals surface area contributed by atoms with Gasteiger partial charge in [0.05, 0.1) is 4.88 Å². The van der Waals surface area contributed by atoms with Crippen molar-refractivity contribution >= 4 is 39.8 Å². The van der Waals surface area contributed by atoms with E-state index in [1.165, 1.54) is 28.6 Å². The molecule has 0 spiro atoms. The second kappa shape index (κ2) is 8.91. The van der Waals surface area contributed by atoms with Gasteiger partial charge >= 0.3 is 0 Å². The Kier molecular flexibility index (Phi) is 7.84. The summed E-state index contributed by atoms with van der Waals surface area (Å²) in [5.41, 5.74) is 0. The van der Waals surface area contributed by atoms with Crippen molar-refractivity contribution in [2.75, 3.05) is 11.0 Å². The summed E-state index contributed by atoms with van der Waals surface area (Å²) in [6.45, 7) is 2.92. The highest BCUT2D eigenvalue weighted by molar-refractivity contribution is 14.1. The van der Waals surface area contributed by atoms with Gasteiger partial charge in [0.25, 0.3) is 5.91 Å². The molecule has 0 aliphatic carbocycles. The number of nitrogens with one attached hydrogen (secondary N) is 1. The van der Waals surface area contributed by atoms with E-state index in [2.05, 4.69) is 34.8 Å². The van der Waals surface area contributed by atoms with Gasteiger partial charge in [0.1, 0.15) is 0 Å². The van der Waals surface area contributed by atoms with Gasteiger partial charge < -0.3 is 5.32 Å². The maximum atomic E-state index is 11.8. The third-order valence-corrected chi connectivity index (χ3v) is 4.57. The molecule has 0 saturated carbocycles. The lowest BCUT2D eigenvalue weighted by Gasteiger charge is -2.03. The van der Waals surface area contributed by atoms with Crippen molar-refractivity contribution in [1.29, 1.82) is 0 Å². The molecule has 0 bridgehead atoms. The number of alkyl halides is 1. The SMILES string of the molecule is CCc1ccc(C(=O)NCCCCCCI)s1. The summed E-state index contributed by atoms with van der Waals surface area (Å²) in [7, 11) is 0. The number of amides is 1. The maximum absolute atomic E-state index is 11.8. The molecule has 1 rings (SSSR count). The van der Waals surface area contributed by atoms with E-state index in [9.17, 15) is 4.79 Å². The zero-order valence-electron chi connectivity index (χ0n) is 10.3. The average molecular weight is 365 g/mol. The monoisotopic (exact) mass is 365 g/mol. The Morgan fingerprint density at radius 2 is 2.06 bits per heavy atom. The van der Waals surface area contributed by atoms with Crippen molar-refractivity contribution < 1.29 is 4.79 Å². The largest absolute Gasteiger partial charge is 0.351 e. The van der Waals surface area contributed by atoms with E-state index in [0.717, 1.165) is 24.3 Å². The number of aryl methyl sites for hydroxylation is 1. The first-order valence-corrected chi connectivity index (χ1v) is 8.55. The lowest BCUT2D eigenvalue weighted by Crippen LogP contribution is -2.23. The van der Waals surface area contributed by atoms with E-state index in [1.807, 2.05) is 12.1 Å². The van der Waals surface area contributed by atoms with Crippen molar-refractivity contribution in [2.45, 2.75) is 39.0 Å². The molecule has 2 nitrogen and oxygen atoms in total. The van der Waals surface area contributed by atoms with Crippen LogP contribution >= 0.6 is 33.9 Å². The van der Waals surface area contributed by atoms with Crippen molar-refractivity contribution in [1.82, 2.24) is 5.32 Å². The van der Waals surface area contributed by atoms with E-state index in [1.54, 1.807) is 11.3 Å². The molecular formula is C13H20INOS. The zero-order valence-corrected chi connectivity index (χ0v) is 13.3. The minimum atomic E-state index is 0.0867. The molecule has 4 heteroatoms. The van der Waals surface area contributed by atoms with Crippen LogP contribution in [0.25, 0.3) is 0 Å². The number of thiophene rings is 1. The normalized spacial score (nSPS) is 10.5. The van der Waals surface area contributed by atoms with Crippen LogP contribution in [-0.4, -0.2) is 16.9 Å². The Bertz CT molecular complexity index is 338. The van der Waals surface area contributed by atoms with Crippen LogP contribution in [0.2, 0.25) is 0 Å². The van der Waals surface area contributed by atoms with Crippen LogP contribution in [0.15, 0.2) is 12.1 Å². The van der Waals surface area contributed by atoms with Crippen molar-refractivity contribution in [3.63, 3.8) is 0 Å². The summed E-state index contributed by atoms with van der Waals surface area (Å²) in [4.78, 5) is 13.9. The van der Waals surface area contributed by atoms with E-state index in [-0.39, 0.29) is 5.91 Å². The number of halogens is 1. The minimum absolute atomic E-state index is 0.0867. The lowest BCUT2D eigenvalue weighted by molar-refractivity contribution is 0.0957. The highest BCUT2D eigenvalue weighted by atomic mass is 127. The number of hydrogen-bond acceptors (Lipinski definition) is 2. The molecule has 0 aliphatic heterocycles. The van der Waals surface area contributed by atoms with Crippen molar-refractivity contribution in [3.8, 4) is 0 Å². The Hall–Kier alpha value is -0.100. The van der Waals surface area contributed by atoms with E-state index < -0.39 is 0 Å². The first-order chi connectivity index (χ1) is 8.27. The summed E-state index contributed by atoms with van der Waals surface area (Å²) >= 11 is 4.00. The van der Waals surface area contributed by atoms with Gasteiger partial charge in [-0.05, 0) is 35.8 Å². The number of hydrogen-bond donors (Lipinski definition) is 1. The molecule has 17 heavy (non-hydrogen) atoms. The standard InChI is InChI=1S/C13H20INOS/c1-2-11-7-8-12(17-11)13(16)15-10-6-4-3-5-9-14/h7-8H,2-6,9-10H2,1H3,(H,15,16). The molecule has 1 amide bonds. The fourth-order valence-corrected chi connectivity index (χ4v) is 2.96. The summed E-state index contributed by atoms with van der Waals surface area (Å²) in [6.07, 6.45) is 5.88. The number of unbranched alkanes of at least 4 members (excludes halogenated alkanes) is 3. The van der Waals surface area contributed by atoms with Gasteiger partial charge in [0.15, 0.2) is 0 Å². The topological polar surface area (TPSA) is 29.1 Å². The van der Waals surface area contributed by atoms with Crippen LogP contribution in [0.3, 0.4) is 0 Å². The van der Waals surface area contributed by atoms with Gasteiger partial charge in [-0.1, -0.05) is 42.4 Å². The Labute approximate surface area is 121 Å². The molecule has 0 saturated heterocycles. The second-order valence-corrected chi connectivity index (χ2v) is 6.23. The summed E-state index contributed by atoms with van der Waals surface area (Å²) < 4.78 is 1.24. The van der Waals surface area contributed by atoms with Gasteiger partial charge in [-0.25, -0.2) is 0 Å². The Morgan fingerprint density at radius 1 is 1.29 bits per heavy atom. The highest BCUT2D eigenvalue weighted by Gasteiger charge is 2.07. The van der Waals surface area contributed by atoms with Crippen LogP contribution in [0.4, 0.5) is 0 Å². The number of carbonyl (C=O) groups is 1. The fourth-order valence-electron chi connectivity index (χ4n) is 1.55. The summed E-state index contributed by atoms with van der Waals surface area (Å²) in [5.74, 6) is 0.0867. The molecular weight excluding hydrogens is 345 g/mol. The lowest BCUT2D eigenvalue weighted by atomic mass is 10.2. The van der Waals surface area contributed by atoms with Gasteiger partial charge in [0, 0.05) is 11.4 Å². The van der Waals surface area contributed by atoms with Crippen molar-refractivity contribution in [3.05, 3.63) is 21.9 Å². The molecule has 0 radical (unpaired) electrons. The Morgan fingerprint density at radius 3 is 2.71 bits per heavy atom. The Balaban J connectivity index is 2.16. The first kappa shape index (κ1) is 15.0. The highest BCUT2D eigenvalue weighted by Crippen LogP contribution is 2.16. The third kappa shape index (κ3) is 5.86. The molecule has 0 unspecified atom stereocenters. The second-order valence-electron chi connectivity index (χ2n) is 3.98. The predicted molar refractivity (Wildman–Crippen MR) is 83.4 cm³/mol.